The Balaban J connectivity index is 1.70. The minimum atomic E-state index is -0.527. The van der Waals surface area contributed by atoms with Gasteiger partial charge in [0.15, 0.2) is 0 Å². The SMILES string of the molecule is CCCCCCCCC12CCC(C(=O)O)(CC1)CC2. The van der Waals surface area contributed by atoms with Gasteiger partial charge in [-0.15, -0.1) is 0 Å². The fourth-order valence-corrected chi connectivity index (χ4v) is 4.24. The lowest BCUT2D eigenvalue weighted by Gasteiger charge is -2.51. The van der Waals surface area contributed by atoms with E-state index >= 15 is 0 Å². The van der Waals surface area contributed by atoms with Crippen molar-refractivity contribution >= 4 is 5.97 Å². The van der Waals surface area contributed by atoms with Crippen molar-refractivity contribution in [2.24, 2.45) is 10.8 Å². The van der Waals surface area contributed by atoms with Gasteiger partial charge in [-0.2, -0.15) is 0 Å². The molecule has 0 unspecified atom stereocenters. The molecule has 0 heterocycles. The van der Waals surface area contributed by atoms with E-state index in [0.717, 1.165) is 19.3 Å². The van der Waals surface area contributed by atoms with E-state index in [0.29, 0.717) is 5.41 Å². The Morgan fingerprint density at radius 2 is 1.42 bits per heavy atom. The largest absolute Gasteiger partial charge is 0.481 e. The highest BCUT2D eigenvalue weighted by atomic mass is 16.4. The van der Waals surface area contributed by atoms with Crippen molar-refractivity contribution in [2.75, 3.05) is 0 Å². The number of unbranched alkanes of at least 4 members (excludes halogenated alkanes) is 5. The highest BCUT2D eigenvalue weighted by Crippen LogP contribution is 2.58. The number of carbonyl (C=O) groups is 1. The fourth-order valence-electron chi connectivity index (χ4n) is 4.24. The molecule has 0 spiro atoms. The molecule has 0 radical (unpaired) electrons. The number of carboxylic acids is 1. The van der Waals surface area contributed by atoms with Crippen LogP contribution in [0.15, 0.2) is 0 Å². The average Bonchev–Trinajstić information content (AvgIpc) is 2.44. The van der Waals surface area contributed by atoms with Gasteiger partial charge in [0.1, 0.15) is 0 Å². The van der Waals surface area contributed by atoms with E-state index in [1.807, 2.05) is 0 Å². The molecule has 1 N–H and O–H groups in total. The topological polar surface area (TPSA) is 37.3 Å². The molecule has 0 aromatic carbocycles. The van der Waals surface area contributed by atoms with E-state index in [1.54, 1.807) is 0 Å². The van der Waals surface area contributed by atoms with Crippen molar-refractivity contribution in [3.8, 4) is 0 Å². The molecule has 3 saturated carbocycles. The van der Waals surface area contributed by atoms with Crippen molar-refractivity contribution in [1.82, 2.24) is 0 Å². The van der Waals surface area contributed by atoms with Gasteiger partial charge in [-0.1, -0.05) is 45.4 Å². The summed E-state index contributed by atoms with van der Waals surface area (Å²) in [7, 11) is 0. The zero-order valence-electron chi connectivity index (χ0n) is 12.5. The lowest BCUT2D eigenvalue weighted by Crippen LogP contribution is -2.45. The molecule has 3 fully saturated rings. The number of hydrogen-bond donors (Lipinski definition) is 1. The zero-order valence-corrected chi connectivity index (χ0v) is 12.5. The molecule has 0 amide bonds. The summed E-state index contributed by atoms with van der Waals surface area (Å²) in [6.45, 7) is 2.26. The molecule has 0 aromatic heterocycles. The van der Waals surface area contributed by atoms with Crippen LogP contribution in [-0.4, -0.2) is 11.1 Å². The van der Waals surface area contributed by atoms with Gasteiger partial charge in [0.2, 0.25) is 0 Å². The van der Waals surface area contributed by atoms with E-state index in [9.17, 15) is 9.90 Å². The van der Waals surface area contributed by atoms with Crippen LogP contribution in [0.3, 0.4) is 0 Å². The summed E-state index contributed by atoms with van der Waals surface area (Å²) in [5.74, 6) is -0.527. The fraction of sp³-hybridized carbons (Fsp3) is 0.941. The van der Waals surface area contributed by atoms with Gasteiger partial charge in [0.05, 0.1) is 5.41 Å². The maximum Gasteiger partial charge on any atom is 0.309 e. The minimum absolute atomic E-state index is 0.330. The number of rotatable bonds is 8. The lowest BCUT2D eigenvalue weighted by molar-refractivity contribution is -0.159. The van der Waals surface area contributed by atoms with Crippen molar-refractivity contribution in [3.05, 3.63) is 0 Å². The first-order valence-electron chi connectivity index (χ1n) is 8.36. The third-order valence-electron chi connectivity index (χ3n) is 5.92. The second-order valence-corrected chi connectivity index (χ2v) is 7.10. The summed E-state index contributed by atoms with van der Waals surface area (Å²) in [5.41, 5.74) is 0.199. The van der Waals surface area contributed by atoms with Crippen LogP contribution >= 0.6 is 0 Å². The number of hydrogen-bond acceptors (Lipinski definition) is 1. The Kier molecular flexibility index (Phi) is 4.92. The molecule has 2 heteroatoms. The highest BCUT2D eigenvalue weighted by molar-refractivity contribution is 5.75. The molecule has 2 nitrogen and oxygen atoms in total. The number of carboxylic acid groups (broad SMARTS) is 1. The third-order valence-corrected chi connectivity index (χ3v) is 5.92. The van der Waals surface area contributed by atoms with Gasteiger partial charge < -0.3 is 5.11 Å². The van der Waals surface area contributed by atoms with E-state index in [-0.39, 0.29) is 5.41 Å². The van der Waals surface area contributed by atoms with Crippen LogP contribution in [-0.2, 0) is 4.79 Å². The van der Waals surface area contributed by atoms with Gasteiger partial charge in [-0.05, 0) is 50.4 Å². The molecular weight excluding hydrogens is 236 g/mol. The summed E-state index contributed by atoms with van der Waals surface area (Å²) >= 11 is 0. The van der Waals surface area contributed by atoms with Crippen LogP contribution in [0.4, 0.5) is 0 Å². The monoisotopic (exact) mass is 266 g/mol. The lowest BCUT2D eigenvalue weighted by atomic mass is 9.52. The number of aliphatic carboxylic acids is 1. The van der Waals surface area contributed by atoms with Crippen molar-refractivity contribution in [2.45, 2.75) is 90.4 Å². The Morgan fingerprint density at radius 1 is 0.895 bits per heavy atom. The molecule has 0 atom stereocenters. The zero-order chi connectivity index (χ0) is 13.8. The highest BCUT2D eigenvalue weighted by Gasteiger charge is 2.51. The van der Waals surface area contributed by atoms with E-state index in [1.165, 1.54) is 64.2 Å². The molecule has 110 valence electrons. The molecule has 0 aliphatic heterocycles. The van der Waals surface area contributed by atoms with Crippen molar-refractivity contribution in [1.29, 1.82) is 0 Å². The van der Waals surface area contributed by atoms with E-state index in [2.05, 4.69) is 6.92 Å². The summed E-state index contributed by atoms with van der Waals surface area (Å²) in [5, 5.41) is 9.39. The van der Waals surface area contributed by atoms with Crippen molar-refractivity contribution in [3.63, 3.8) is 0 Å². The second kappa shape index (κ2) is 6.28. The van der Waals surface area contributed by atoms with Crippen LogP contribution < -0.4 is 0 Å². The first kappa shape index (κ1) is 14.9. The van der Waals surface area contributed by atoms with Crippen LogP contribution in [0.5, 0.6) is 0 Å². The molecule has 3 aliphatic rings. The summed E-state index contributed by atoms with van der Waals surface area (Å²) in [6.07, 6.45) is 15.9. The van der Waals surface area contributed by atoms with Crippen molar-refractivity contribution < 1.29 is 9.90 Å². The normalized spacial score (nSPS) is 33.5. The molecular formula is C17H30O2. The van der Waals surface area contributed by atoms with E-state index < -0.39 is 5.97 Å². The minimum Gasteiger partial charge on any atom is -0.481 e. The van der Waals surface area contributed by atoms with Gasteiger partial charge in [-0.25, -0.2) is 0 Å². The molecule has 19 heavy (non-hydrogen) atoms. The maximum atomic E-state index is 11.4. The summed E-state index contributed by atoms with van der Waals surface area (Å²) in [4.78, 5) is 11.4. The smallest absolute Gasteiger partial charge is 0.309 e. The second-order valence-electron chi connectivity index (χ2n) is 7.10. The Bertz CT molecular complexity index is 284. The predicted octanol–water partition coefficient (Wildman–Crippen LogP) is 5.16. The maximum absolute atomic E-state index is 11.4. The van der Waals surface area contributed by atoms with Gasteiger partial charge >= 0.3 is 5.97 Å². The van der Waals surface area contributed by atoms with Gasteiger partial charge in [0.25, 0.3) is 0 Å². The Morgan fingerprint density at radius 3 is 1.95 bits per heavy atom. The standard InChI is InChI=1S/C17H30O2/c1-2-3-4-5-6-7-8-16-9-12-17(13-10-16,14-11-16)15(18)19/h2-14H2,1H3,(H,18,19). The Labute approximate surface area is 118 Å². The first-order valence-corrected chi connectivity index (χ1v) is 8.36. The Hall–Kier alpha value is -0.530. The van der Waals surface area contributed by atoms with Crippen LogP contribution in [0.1, 0.15) is 90.4 Å². The quantitative estimate of drug-likeness (QED) is 0.616. The molecule has 0 aromatic rings. The molecule has 2 bridgehead atoms. The van der Waals surface area contributed by atoms with Crippen LogP contribution in [0.25, 0.3) is 0 Å². The first-order chi connectivity index (χ1) is 9.13. The van der Waals surface area contributed by atoms with E-state index in [4.69, 9.17) is 0 Å². The third kappa shape index (κ3) is 3.32. The molecule has 3 rings (SSSR count). The predicted molar refractivity (Wildman–Crippen MR) is 78.2 cm³/mol. The summed E-state index contributed by atoms with van der Waals surface area (Å²) < 4.78 is 0. The molecule has 0 saturated heterocycles. The summed E-state index contributed by atoms with van der Waals surface area (Å²) in [6, 6.07) is 0. The molecule has 3 aliphatic carbocycles. The van der Waals surface area contributed by atoms with Gasteiger partial charge in [-0.3, -0.25) is 4.79 Å². The van der Waals surface area contributed by atoms with Gasteiger partial charge in [0, 0.05) is 0 Å². The van der Waals surface area contributed by atoms with Crippen LogP contribution in [0.2, 0.25) is 0 Å². The average molecular weight is 266 g/mol. The number of fused-ring (bicyclic) bond motifs is 3. The van der Waals surface area contributed by atoms with Crippen LogP contribution in [0, 0.1) is 10.8 Å².